The minimum atomic E-state index is 0.382. The fourth-order valence-electron chi connectivity index (χ4n) is 0.488. The lowest BCUT2D eigenvalue weighted by Gasteiger charge is -2.01. The predicted molar refractivity (Wildman–Crippen MR) is 43.0 cm³/mol. The summed E-state index contributed by atoms with van der Waals surface area (Å²) in [5.41, 5.74) is 0. The molecule has 0 N–H and O–H groups in total. The van der Waals surface area contributed by atoms with Crippen molar-refractivity contribution in [3.63, 3.8) is 0 Å². The third kappa shape index (κ3) is 1.72. The van der Waals surface area contributed by atoms with Crippen LogP contribution in [0, 0.1) is 5.92 Å². The zero-order chi connectivity index (χ0) is 5.11. The van der Waals surface area contributed by atoms with Crippen molar-refractivity contribution in [2.24, 2.45) is 5.92 Å². The van der Waals surface area contributed by atoms with Gasteiger partial charge < -0.3 is 0 Å². The molecule has 1 unspecified atom stereocenters. The summed E-state index contributed by atoms with van der Waals surface area (Å²) in [5, 5.41) is 0. The molecular formula is C6H9I. The Morgan fingerprint density at radius 1 is 1.71 bits per heavy atom. The monoisotopic (exact) mass is 208 g/mol. The zero-order valence-corrected chi connectivity index (χ0v) is 6.55. The molecule has 40 valence electrons. The summed E-state index contributed by atoms with van der Waals surface area (Å²) in [7, 11) is 0. The molecule has 1 rings (SSSR count). The van der Waals surface area contributed by atoms with E-state index in [-0.39, 0.29) is 0 Å². The SMILES string of the molecule is CC1C=CI=CC1. The largest absolute Gasteiger partial charge is 0.0985 e. The van der Waals surface area contributed by atoms with E-state index >= 15 is 0 Å². The Kier molecular flexibility index (Phi) is 2.03. The first-order valence-corrected chi connectivity index (χ1v) is 4.99. The van der Waals surface area contributed by atoms with Gasteiger partial charge in [0, 0.05) is 0 Å². The summed E-state index contributed by atoms with van der Waals surface area (Å²) in [6.45, 7) is 2.26. The topological polar surface area (TPSA) is 0 Å². The molecule has 1 aliphatic rings. The van der Waals surface area contributed by atoms with Crippen LogP contribution in [0.25, 0.3) is 0 Å². The Morgan fingerprint density at radius 3 is 2.86 bits per heavy atom. The maximum atomic E-state index is 2.43. The highest BCUT2D eigenvalue weighted by molar-refractivity contribution is 14.2. The molecule has 0 aromatic rings. The molecule has 0 nitrogen and oxygen atoms in total. The van der Waals surface area contributed by atoms with Crippen molar-refractivity contribution in [1.29, 1.82) is 0 Å². The van der Waals surface area contributed by atoms with E-state index in [1.54, 1.807) is 0 Å². The minimum absolute atomic E-state index is 0.382. The normalized spacial score (nSPS) is 29.6. The summed E-state index contributed by atoms with van der Waals surface area (Å²) in [4.78, 5) is 0. The summed E-state index contributed by atoms with van der Waals surface area (Å²) in [6.07, 6.45) is 3.65. The van der Waals surface area contributed by atoms with Gasteiger partial charge in [0.15, 0.2) is 0 Å². The van der Waals surface area contributed by atoms with E-state index in [0.29, 0.717) is 20.7 Å². The molecule has 0 saturated heterocycles. The van der Waals surface area contributed by atoms with Crippen LogP contribution < -0.4 is 0 Å². The maximum absolute atomic E-state index is 2.43. The van der Waals surface area contributed by atoms with E-state index in [4.69, 9.17) is 0 Å². The highest BCUT2D eigenvalue weighted by Gasteiger charge is 1.93. The first-order chi connectivity index (χ1) is 3.39. The van der Waals surface area contributed by atoms with Crippen molar-refractivity contribution in [3.8, 4) is 0 Å². The molecule has 0 fully saturated rings. The molecule has 1 heteroatoms. The van der Waals surface area contributed by atoms with Gasteiger partial charge >= 0.3 is 0 Å². The molecule has 1 heterocycles. The number of hydrogen-bond donors (Lipinski definition) is 0. The molecule has 0 radical (unpaired) electrons. The summed E-state index contributed by atoms with van der Waals surface area (Å²) in [6, 6.07) is 0. The van der Waals surface area contributed by atoms with Crippen molar-refractivity contribution in [2.45, 2.75) is 13.3 Å². The van der Waals surface area contributed by atoms with Gasteiger partial charge in [-0.15, -0.1) is 0 Å². The Labute approximate surface area is 54.4 Å². The van der Waals surface area contributed by atoms with Gasteiger partial charge in [-0.25, -0.2) is 0 Å². The predicted octanol–water partition coefficient (Wildman–Crippen LogP) is 2.31. The smallest absolute Gasteiger partial charge is 0.0216 e. The van der Waals surface area contributed by atoms with Crippen LogP contribution in [0.4, 0.5) is 0 Å². The summed E-state index contributed by atoms with van der Waals surface area (Å²) >= 11 is 0.382. The number of allylic oxidation sites excluding steroid dienone is 1. The minimum Gasteiger partial charge on any atom is -0.0985 e. The number of hydrogen-bond acceptors (Lipinski definition) is 0. The second kappa shape index (κ2) is 2.60. The molecule has 0 aromatic heterocycles. The van der Waals surface area contributed by atoms with E-state index < -0.39 is 0 Å². The second-order valence-electron chi connectivity index (χ2n) is 1.81. The average molecular weight is 208 g/mol. The summed E-state index contributed by atoms with van der Waals surface area (Å²) < 4.78 is 4.77. The molecular weight excluding hydrogens is 199 g/mol. The lowest BCUT2D eigenvalue weighted by molar-refractivity contribution is 0.783. The third-order valence-corrected chi connectivity index (χ3v) is 2.87. The van der Waals surface area contributed by atoms with E-state index in [0.717, 1.165) is 5.92 Å². The fraction of sp³-hybridized carbons (Fsp3) is 0.500. The van der Waals surface area contributed by atoms with Crippen LogP contribution in [0.3, 0.4) is 0 Å². The van der Waals surface area contributed by atoms with Gasteiger partial charge in [-0.3, -0.25) is 0 Å². The highest BCUT2D eigenvalue weighted by Crippen LogP contribution is 2.13. The van der Waals surface area contributed by atoms with Gasteiger partial charge in [-0.05, 0) is 16.4 Å². The molecule has 0 bridgehead atoms. The van der Waals surface area contributed by atoms with Crippen LogP contribution >= 0.6 is 20.7 Å². The molecule has 7 heavy (non-hydrogen) atoms. The Bertz CT molecular complexity index is 103. The Hall–Kier alpha value is 0.340. The second-order valence-corrected chi connectivity index (χ2v) is 4.13. The molecule has 1 aliphatic heterocycles. The molecule has 0 spiro atoms. The lowest BCUT2D eigenvalue weighted by atomic mass is 10.1. The summed E-state index contributed by atoms with van der Waals surface area (Å²) in [5.74, 6) is 0.827. The Morgan fingerprint density at radius 2 is 2.57 bits per heavy atom. The van der Waals surface area contributed by atoms with Gasteiger partial charge in [0.2, 0.25) is 0 Å². The molecule has 0 aromatic carbocycles. The Balaban J connectivity index is 2.49. The van der Waals surface area contributed by atoms with Crippen LogP contribution in [-0.4, -0.2) is 4.01 Å². The first-order valence-electron chi connectivity index (χ1n) is 2.50. The zero-order valence-electron chi connectivity index (χ0n) is 4.39. The third-order valence-electron chi connectivity index (χ3n) is 1.02. The van der Waals surface area contributed by atoms with Crippen LogP contribution in [0.15, 0.2) is 10.2 Å². The van der Waals surface area contributed by atoms with E-state index in [1.807, 2.05) is 0 Å². The van der Waals surface area contributed by atoms with E-state index in [2.05, 4.69) is 21.1 Å². The van der Waals surface area contributed by atoms with Gasteiger partial charge in [-0.1, -0.05) is 37.7 Å². The van der Waals surface area contributed by atoms with Crippen molar-refractivity contribution in [1.82, 2.24) is 0 Å². The maximum Gasteiger partial charge on any atom is -0.0216 e. The molecule has 0 amide bonds. The van der Waals surface area contributed by atoms with Crippen molar-refractivity contribution in [3.05, 3.63) is 10.2 Å². The fourth-order valence-corrected chi connectivity index (χ4v) is 2.83. The van der Waals surface area contributed by atoms with Crippen LogP contribution in [0.1, 0.15) is 13.3 Å². The average Bonchev–Trinajstić information content (AvgIpc) is 1.69. The van der Waals surface area contributed by atoms with Crippen molar-refractivity contribution in [2.75, 3.05) is 0 Å². The van der Waals surface area contributed by atoms with Crippen molar-refractivity contribution < 1.29 is 0 Å². The van der Waals surface area contributed by atoms with Crippen LogP contribution in [0.2, 0.25) is 0 Å². The van der Waals surface area contributed by atoms with Crippen LogP contribution in [-0.2, 0) is 0 Å². The molecule has 0 aliphatic carbocycles. The van der Waals surface area contributed by atoms with E-state index in [9.17, 15) is 0 Å². The standard InChI is InChI=1S/C6H9I/c1-6-2-4-7-5-3-6/h2,4-6H,3H2,1H3. The van der Waals surface area contributed by atoms with Crippen molar-refractivity contribution >= 4 is 24.7 Å². The molecule has 1 atom stereocenters. The first kappa shape index (κ1) is 5.48. The van der Waals surface area contributed by atoms with Crippen LogP contribution in [0.5, 0.6) is 0 Å². The van der Waals surface area contributed by atoms with Gasteiger partial charge in [-0.2, -0.15) is 0 Å². The number of halogens is 1. The van der Waals surface area contributed by atoms with Gasteiger partial charge in [0.1, 0.15) is 0 Å². The van der Waals surface area contributed by atoms with Gasteiger partial charge in [0.25, 0.3) is 0 Å². The quantitative estimate of drug-likeness (QED) is 0.536. The molecule has 0 saturated carbocycles. The van der Waals surface area contributed by atoms with E-state index in [1.165, 1.54) is 6.42 Å². The number of rotatable bonds is 0. The lowest BCUT2D eigenvalue weighted by Crippen LogP contribution is -1.89. The highest BCUT2D eigenvalue weighted by atomic mass is 127. The van der Waals surface area contributed by atoms with Gasteiger partial charge in [0.05, 0.1) is 0 Å².